The predicted octanol–water partition coefficient (Wildman–Crippen LogP) is 2.59. The minimum absolute atomic E-state index is 0.0627. The van der Waals surface area contributed by atoms with Crippen LogP contribution in [0.15, 0.2) is 30.5 Å². The molecule has 0 radical (unpaired) electrons. The summed E-state index contributed by atoms with van der Waals surface area (Å²) in [7, 11) is 0. The van der Waals surface area contributed by atoms with Gasteiger partial charge in [-0.2, -0.15) is 0 Å². The summed E-state index contributed by atoms with van der Waals surface area (Å²) in [5, 5.41) is 11.3. The van der Waals surface area contributed by atoms with Gasteiger partial charge in [-0.3, -0.25) is 0 Å². The number of pyridine rings is 1. The Morgan fingerprint density at radius 1 is 1.16 bits per heavy atom. The van der Waals surface area contributed by atoms with Crippen molar-refractivity contribution in [1.29, 1.82) is 0 Å². The van der Waals surface area contributed by atoms with Gasteiger partial charge in [0.25, 0.3) is 0 Å². The highest BCUT2D eigenvalue weighted by atomic mass is 16.5. The zero-order valence-electron chi connectivity index (χ0n) is 10.7. The Labute approximate surface area is 112 Å². The molecule has 1 heterocycles. The molecule has 0 unspecified atom stereocenters. The molecule has 3 N–H and O–H groups in total. The monoisotopic (exact) mass is 258 g/mol. The van der Waals surface area contributed by atoms with Crippen LogP contribution in [-0.4, -0.2) is 22.2 Å². The third-order valence-electron chi connectivity index (χ3n) is 3.74. The molecule has 1 aromatic carbocycles. The van der Waals surface area contributed by atoms with E-state index < -0.39 is 0 Å². The van der Waals surface area contributed by atoms with Crippen molar-refractivity contribution < 1.29 is 9.84 Å². The molecule has 1 aromatic heterocycles. The Bertz CT molecular complexity index is 577. The molecule has 100 valence electrons. The molecule has 0 amide bonds. The number of rotatable bonds is 2. The van der Waals surface area contributed by atoms with Crippen LogP contribution in [-0.2, 0) is 0 Å². The summed E-state index contributed by atoms with van der Waals surface area (Å²) < 4.78 is 5.99. The van der Waals surface area contributed by atoms with Gasteiger partial charge in [0.1, 0.15) is 5.75 Å². The Morgan fingerprint density at radius 2 is 1.95 bits per heavy atom. The molecule has 4 heteroatoms. The van der Waals surface area contributed by atoms with Gasteiger partial charge in [0.2, 0.25) is 5.88 Å². The van der Waals surface area contributed by atoms with Gasteiger partial charge in [0, 0.05) is 17.6 Å². The van der Waals surface area contributed by atoms with Crippen molar-refractivity contribution >= 4 is 10.8 Å². The van der Waals surface area contributed by atoms with E-state index in [-0.39, 0.29) is 12.0 Å². The zero-order valence-corrected chi connectivity index (χ0v) is 10.7. The summed E-state index contributed by atoms with van der Waals surface area (Å²) in [6, 6.07) is 7.89. The molecule has 3 rings (SSSR count). The average molecular weight is 258 g/mol. The zero-order chi connectivity index (χ0) is 13.2. The van der Waals surface area contributed by atoms with Crippen molar-refractivity contribution in [3.05, 3.63) is 30.5 Å². The molecule has 2 aromatic rings. The maximum Gasteiger partial charge on any atom is 0.218 e. The number of aromatic nitrogens is 1. The number of nitrogens with two attached hydrogens (primary N) is 1. The maximum absolute atomic E-state index is 9.65. The first-order valence-corrected chi connectivity index (χ1v) is 6.72. The van der Waals surface area contributed by atoms with E-state index in [0.29, 0.717) is 6.04 Å². The van der Waals surface area contributed by atoms with Crippen molar-refractivity contribution in [2.75, 3.05) is 0 Å². The van der Waals surface area contributed by atoms with Gasteiger partial charge in [-0.25, -0.2) is 4.98 Å². The number of fused-ring (bicyclic) bond motifs is 1. The fourth-order valence-electron chi connectivity index (χ4n) is 2.61. The first kappa shape index (κ1) is 12.2. The molecule has 0 atom stereocenters. The molecule has 19 heavy (non-hydrogen) atoms. The minimum atomic E-state index is 0.0627. The van der Waals surface area contributed by atoms with Gasteiger partial charge in [-0.05, 0) is 55.3 Å². The van der Waals surface area contributed by atoms with Crippen molar-refractivity contribution in [2.24, 2.45) is 5.73 Å². The number of aromatic hydroxyl groups is 1. The van der Waals surface area contributed by atoms with Crippen molar-refractivity contribution in [1.82, 2.24) is 4.98 Å². The number of ether oxygens (including phenoxy) is 1. The van der Waals surface area contributed by atoms with Crippen LogP contribution in [0.25, 0.3) is 10.8 Å². The summed E-state index contributed by atoms with van der Waals surface area (Å²) in [5.41, 5.74) is 5.89. The van der Waals surface area contributed by atoms with E-state index in [1.165, 1.54) is 0 Å². The number of nitrogens with zero attached hydrogens (tertiary/aromatic N) is 1. The molecule has 1 aliphatic carbocycles. The highest BCUT2D eigenvalue weighted by Gasteiger charge is 2.19. The lowest BCUT2D eigenvalue weighted by atomic mass is 9.94. The van der Waals surface area contributed by atoms with E-state index in [2.05, 4.69) is 4.98 Å². The molecular weight excluding hydrogens is 240 g/mol. The van der Waals surface area contributed by atoms with Crippen LogP contribution in [0.1, 0.15) is 25.7 Å². The second-order valence-electron chi connectivity index (χ2n) is 5.17. The fourth-order valence-corrected chi connectivity index (χ4v) is 2.61. The normalized spacial score (nSPS) is 23.4. The molecule has 0 saturated heterocycles. The maximum atomic E-state index is 9.65. The molecule has 4 nitrogen and oxygen atoms in total. The molecule has 1 aliphatic rings. The van der Waals surface area contributed by atoms with Crippen molar-refractivity contribution in [3.63, 3.8) is 0 Å². The Morgan fingerprint density at radius 3 is 2.74 bits per heavy atom. The smallest absolute Gasteiger partial charge is 0.218 e. The van der Waals surface area contributed by atoms with Crippen molar-refractivity contribution in [3.8, 4) is 11.6 Å². The lowest BCUT2D eigenvalue weighted by molar-refractivity contribution is 0.147. The van der Waals surface area contributed by atoms with Crippen molar-refractivity contribution in [2.45, 2.75) is 37.8 Å². The summed E-state index contributed by atoms with van der Waals surface area (Å²) in [6.07, 6.45) is 5.95. The van der Waals surface area contributed by atoms with E-state index in [0.717, 1.165) is 42.2 Å². The van der Waals surface area contributed by atoms with Gasteiger partial charge in [0.05, 0.1) is 6.10 Å². The summed E-state index contributed by atoms with van der Waals surface area (Å²) in [4.78, 5) is 3.86. The van der Waals surface area contributed by atoms with Crippen LogP contribution in [0.3, 0.4) is 0 Å². The fraction of sp³-hybridized carbons (Fsp3) is 0.400. The van der Waals surface area contributed by atoms with E-state index in [1.54, 1.807) is 6.20 Å². The summed E-state index contributed by atoms with van der Waals surface area (Å²) in [6.45, 7) is 0. The quantitative estimate of drug-likeness (QED) is 0.868. The van der Waals surface area contributed by atoms with Gasteiger partial charge in [-0.1, -0.05) is 0 Å². The molecule has 0 bridgehead atoms. The van der Waals surface area contributed by atoms with Crippen LogP contribution in [0.5, 0.6) is 11.6 Å². The highest BCUT2D eigenvalue weighted by molar-refractivity contribution is 5.87. The largest absolute Gasteiger partial charge is 0.493 e. The summed E-state index contributed by atoms with van der Waals surface area (Å²) in [5.74, 6) is 0.909. The first-order chi connectivity index (χ1) is 9.22. The van der Waals surface area contributed by atoms with Crippen LogP contribution in [0.4, 0.5) is 0 Å². The minimum Gasteiger partial charge on any atom is -0.493 e. The van der Waals surface area contributed by atoms with Gasteiger partial charge in [0.15, 0.2) is 0 Å². The first-order valence-electron chi connectivity index (χ1n) is 6.72. The second-order valence-corrected chi connectivity index (χ2v) is 5.17. The van der Waals surface area contributed by atoms with Crippen LogP contribution in [0.2, 0.25) is 0 Å². The number of hydrogen-bond donors (Lipinski definition) is 2. The SMILES string of the molecule is N[C@H]1CC[C@H](Oc2ccc3c(O)nccc3c2)CC1. The number of benzene rings is 1. The highest BCUT2D eigenvalue weighted by Crippen LogP contribution is 2.28. The molecule has 0 spiro atoms. The van der Waals surface area contributed by atoms with Gasteiger partial charge >= 0.3 is 0 Å². The third kappa shape index (κ3) is 2.63. The van der Waals surface area contributed by atoms with E-state index in [9.17, 15) is 5.11 Å². The third-order valence-corrected chi connectivity index (χ3v) is 3.74. The Balaban J connectivity index is 1.78. The van der Waals surface area contributed by atoms with Gasteiger partial charge in [-0.15, -0.1) is 0 Å². The molecule has 1 saturated carbocycles. The van der Waals surface area contributed by atoms with Gasteiger partial charge < -0.3 is 15.6 Å². The van der Waals surface area contributed by atoms with Crippen LogP contribution < -0.4 is 10.5 Å². The lowest BCUT2D eigenvalue weighted by Crippen LogP contribution is -2.31. The number of hydrogen-bond acceptors (Lipinski definition) is 4. The molecule has 1 fully saturated rings. The topological polar surface area (TPSA) is 68.4 Å². The van der Waals surface area contributed by atoms with Crippen LogP contribution >= 0.6 is 0 Å². The van der Waals surface area contributed by atoms with E-state index in [1.807, 2.05) is 24.3 Å². The standard InChI is InChI=1S/C15H18N2O2/c16-11-1-3-12(4-2-11)19-13-5-6-14-10(9-13)7-8-17-15(14)18/h5-9,11-12H,1-4,16H2,(H,17,18)/t11-,12-. The van der Waals surface area contributed by atoms with Crippen LogP contribution in [0, 0.1) is 0 Å². The summed E-state index contributed by atoms with van der Waals surface area (Å²) >= 11 is 0. The van der Waals surface area contributed by atoms with E-state index in [4.69, 9.17) is 10.5 Å². The average Bonchev–Trinajstić information content (AvgIpc) is 2.42. The molecular formula is C15H18N2O2. The second kappa shape index (κ2) is 5.05. The van der Waals surface area contributed by atoms with E-state index >= 15 is 0 Å². The Hall–Kier alpha value is -1.81. The molecule has 0 aliphatic heterocycles. The predicted molar refractivity (Wildman–Crippen MR) is 74.3 cm³/mol. The Kier molecular flexibility index (Phi) is 3.25. The lowest BCUT2D eigenvalue weighted by Gasteiger charge is -2.26.